The van der Waals surface area contributed by atoms with Crippen LogP contribution in [0, 0.1) is 23.7 Å². The fourth-order valence-electron chi connectivity index (χ4n) is 5.24. The van der Waals surface area contributed by atoms with Crippen molar-refractivity contribution in [1.82, 2.24) is 0 Å². The van der Waals surface area contributed by atoms with Crippen LogP contribution in [0.3, 0.4) is 0 Å². The predicted octanol–water partition coefficient (Wildman–Crippen LogP) is 9.65. The van der Waals surface area contributed by atoms with Crippen molar-refractivity contribution in [1.29, 1.82) is 0 Å². The van der Waals surface area contributed by atoms with E-state index in [0.29, 0.717) is 24.3 Å². The monoisotopic (exact) mass is 464 g/mol. The zero-order chi connectivity index (χ0) is 24.1. The molecule has 180 valence electrons. The third-order valence-electron chi connectivity index (χ3n) is 7.45. The fraction of sp³-hybridized carbons (Fsp3) is 0.419. The van der Waals surface area contributed by atoms with Crippen molar-refractivity contribution in [3.8, 4) is 0 Å². The molecule has 0 bridgehead atoms. The molecule has 0 nitrogen and oxygen atoms in total. The summed E-state index contributed by atoms with van der Waals surface area (Å²) in [4.78, 5) is 0. The van der Waals surface area contributed by atoms with Gasteiger partial charge in [0.2, 0.25) is 0 Å². The highest BCUT2D eigenvalue weighted by Gasteiger charge is 2.30. The van der Waals surface area contributed by atoms with Gasteiger partial charge in [-0.1, -0.05) is 86.6 Å². The number of rotatable bonds is 7. The van der Waals surface area contributed by atoms with Gasteiger partial charge in [0.1, 0.15) is 11.7 Å². The van der Waals surface area contributed by atoms with Gasteiger partial charge in [0.05, 0.1) is 0 Å². The molecule has 0 spiro atoms. The van der Waals surface area contributed by atoms with Crippen LogP contribution in [0.2, 0.25) is 0 Å². The Balaban J connectivity index is 1.35. The molecule has 3 heteroatoms. The van der Waals surface area contributed by atoms with Crippen molar-refractivity contribution in [3.05, 3.63) is 107 Å². The van der Waals surface area contributed by atoms with Crippen LogP contribution in [0.1, 0.15) is 58.8 Å². The van der Waals surface area contributed by atoms with E-state index < -0.39 is 17.6 Å². The van der Waals surface area contributed by atoms with E-state index in [-0.39, 0.29) is 17.7 Å². The first-order chi connectivity index (χ1) is 16.5. The van der Waals surface area contributed by atoms with Gasteiger partial charge in [-0.3, -0.25) is 0 Å². The van der Waals surface area contributed by atoms with E-state index in [9.17, 15) is 13.2 Å². The highest BCUT2D eigenvalue weighted by atomic mass is 19.2. The number of allylic oxidation sites excluding steroid dienone is 18. The normalized spacial score (nSPS) is 29.6. The van der Waals surface area contributed by atoms with Crippen LogP contribution in [0.25, 0.3) is 0 Å². The molecule has 4 rings (SSSR count). The Bertz CT molecular complexity index is 1050. The molecular formula is C31H35F3. The maximum Gasteiger partial charge on any atom is 0.161 e. The van der Waals surface area contributed by atoms with E-state index in [0.717, 1.165) is 43.3 Å². The smallest absolute Gasteiger partial charge is 0.161 e. The van der Waals surface area contributed by atoms with Gasteiger partial charge in [-0.05, 0) is 67.6 Å². The fourth-order valence-corrected chi connectivity index (χ4v) is 5.24. The molecule has 0 radical (unpaired) electrons. The molecule has 0 amide bonds. The van der Waals surface area contributed by atoms with E-state index in [4.69, 9.17) is 0 Å². The van der Waals surface area contributed by atoms with E-state index in [1.807, 2.05) is 42.5 Å². The van der Waals surface area contributed by atoms with Crippen molar-refractivity contribution in [2.45, 2.75) is 58.8 Å². The third-order valence-corrected chi connectivity index (χ3v) is 7.45. The first-order valence-corrected chi connectivity index (χ1v) is 12.8. The van der Waals surface area contributed by atoms with Crippen LogP contribution < -0.4 is 0 Å². The Labute approximate surface area is 202 Å². The van der Waals surface area contributed by atoms with E-state index >= 15 is 0 Å². The molecule has 0 saturated carbocycles. The lowest BCUT2D eigenvalue weighted by molar-refractivity contribution is 0.349. The lowest BCUT2D eigenvalue weighted by atomic mass is 9.79. The standard InChI is InChI=1S/C31H35F3/c1-3-5-22-6-14-25(15-7-22)28-19-17-26(30(33)31(28)34)16-10-23-8-12-24(13-9-23)27-18-11-21(4-2)20-29(27)32/h6-10,12,14,16-18,20-21,24-25,28H,3-5,11,13,15,19H2,1-2H3/b16-10+. The minimum atomic E-state index is -0.743. The van der Waals surface area contributed by atoms with Gasteiger partial charge >= 0.3 is 0 Å². The van der Waals surface area contributed by atoms with E-state index in [2.05, 4.69) is 26.0 Å². The second-order valence-corrected chi connectivity index (χ2v) is 9.77. The van der Waals surface area contributed by atoms with E-state index in [1.165, 1.54) is 5.57 Å². The number of halogens is 3. The Kier molecular flexibility index (Phi) is 8.13. The van der Waals surface area contributed by atoms with Crippen LogP contribution in [0.15, 0.2) is 107 Å². The highest BCUT2D eigenvalue weighted by molar-refractivity contribution is 5.47. The molecule has 34 heavy (non-hydrogen) atoms. The summed E-state index contributed by atoms with van der Waals surface area (Å²) in [5.41, 5.74) is 3.30. The lowest BCUT2D eigenvalue weighted by Gasteiger charge is -2.27. The van der Waals surface area contributed by atoms with Crippen LogP contribution in [0.5, 0.6) is 0 Å². The molecule has 0 saturated heterocycles. The summed E-state index contributed by atoms with van der Waals surface area (Å²) in [7, 11) is 0. The van der Waals surface area contributed by atoms with Gasteiger partial charge in [0.25, 0.3) is 0 Å². The molecule has 4 unspecified atom stereocenters. The van der Waals surface area contributed by atoms with Crippen LogP contribution >= 0.6 is 0 Å². The average Bonchev–Trinajstić information content (AvgIpc) is 2.86. The summed E-state index contributed by atoms with van der Waals surface area (Å²) in [6.45, 7) is 4.22. The van der Waals surface area contributed by atoms with Crippen molar-refractivity contribution in [3.63, 3.8) is 0 Å². The molecule has 0 aliphatic heterocycles. The molecular weight excluding hydrogens is 429 g/mol. The van der Waals surface area contributed by atoms with Crippen LogP contribution in [-0.2, 0) is 0 Å². The summed E-state index contributed by atoms with van der Waals surface area (Å²) in [6, 6.07) is 0. The quantitative estimate of drug-likeness (QED) is 0.352. The van der Waals surface area contributed by atoms with Crippen molar-refractivity contribution >= 4 is 0 Å². The molecule has 0 N–H and O–H groups in total. The second-order valence-electron chi connectivity index (χ2n) is 9.77. The number of hydrogen-bond acceptors (Lipinski definition) is 0. The highest BCUT2D eigenvalue weighted by Crippen LogP contribution is 2.40. The third kappa shape index (κ3) is 5.56. The molecule has 4 atom stereocenters. The molecule has 0 aromatic carbocycles. The zero-order valence-corrected chi connectivity index (χ0v) is 20.2. The van der Waals surface area contributed by atoms with Crippen LogP contribution in [0.4, 0.5) is 13.2 Å². The zero-order valence-electron chi connectivity index (χ0n) is 20.2. The van der Waals surface area contributed by atoms with E-state index in [1.54, 1.807) is 12.2 Å². The summed E-state index contributed by atoms with van der Waals surface area (Å²) in [5, 5.41) is 0. The summed E-state index contributed by atoms with van der Waals surface area (Å²) in [6.07, 6.45) is 27.3. The Morgan fingerprint density at radius 3 is 2.38 bits per heavy atom. The Hall–Kier alpha value is -2.55. The molecule has 0 aromatic rings. The predicted molar refractivity (Wildman–Crippen MR) is 136 cm³/mol. The summed E-state index contributed by atoms with van der Waals surface area (Å²) >= 11 is 0. The van der Waals surface area contributed by atoms with Gasteiger partial charge in [0, 0.05) is 17.4 Å². The first kappa shape index (κ1) is 24.6. The topological polar surface area (TPSA) is 0 Å². The number of hydrogen-bond donors (Lipinski definition) is 0. The van der Waals surface area contributed by atoms with Gasteiger partial charge in [-0.2, -0.15) is 0 Å². The van der Waals surface area contributed by atoms with Crippen molar-refractivity contribution in [2.75, 3.05) is 0 Å². The Morgan fingerprint density at radius 1 is 0.882 bits per heavy atom. The van der Waals surface area contributed by atoms with Gasteiger partial charge < -0.3 is 0 Å². The summed E-state index contributed by atoms with van der Waals surface area (Å²) in [5.74, 6) is -1.57. The van der Waals surface area contributed by atoms with Crippen molar-refractivity contribution in [2.24, 2.45) is 23.7 Å². The van der Waals surface area contributed by atoms with Gasteiger partial charge in [0.15, 0.2) is 5.83 Å². The largest absolute Gasteiger partial charge is 0.208 e. The Morgan fingerprint density at radius 2 is 1.74 bits per heavy atom. The molecule has 0 aromatic heterocycles. The molecule has 0 fully saturated rings. The molecule has 4 aliphatic carbocycles. The molecule has 0 heterocycles. The minimum absolute atomic E-state index is 0.00481. The average molecular weight is 465 g/mol. The lowest BCUT2D eigenvalue weighted by Crippen LogP contribution is -2.18. The maximum absolute atomic E-state index is 14.9. The summed E-state index contributed by atoms with van der Waals surface area (Å²) < 4.78 is 44.3. The van der Waals surface area contributed by atoms with Crippen LogP contribution in [-0.4, -0.2) is 0 Å². The maximum atomic E-state index is 14.9. The second kappa shape index (κ2) is 11.3. The SMILES string of the molecule is CCCC1=CCC(C2CC=C(/C=C/C3=CCC(C4=CCC(CC)C=C4F)C=C3)C(F)=C2F)C=C1. The van der Waals surface area contributed by atoms with Gasteiger partial charge in [-0.15, -0.1) is 0 Å². The minimum Gasteiger partial charge on any atom is -0.208 e. The molecule has 4 aliphatic rings. The van der Waals surface area contributed by atoms with Gasteiger partial charge in [-0.25, -0.2) is 13.2 Å². The first-order valence-electron chi connectivity index (χ1n) is 12.8. The van der Waals surface area contributed by atoms with Crippen molar-refractivity contribution < 1.29 is 13.2 Å².